The lowest BCUT2D eigenvalue weighted by Crippen LogP contribution is -1.94. The molecule has 0 radical (unpaired) electrons. The third kappa shape index (κ3) is 5.32. The van der Waals surface area contributed by atoms with Crippen LogP contribution in [-0.4, -0.2) is 15.0 Å². The molecule has 10 aromatic rings. The van der Waals surface area contributed by atoms with Gasteiger partial charge in [-0.1, -0.05) is 121 Å². The SMILES string of the molecule is c1ccc(-c2nc(-c3cccc(-c4cccc(-c5cccc(-c6cccc(-c7nc8ccccc8o7)c6)c5)c4)c3)nc3c2oc2ccccc23)cc1. The Morgan fingerprint density at radius 3 is 1.50 bits per heavy atom. The molecule has 0 aliphatic carbocycles. The van der Waals surface area contributed by atoms with Crippen LogP contribution in [0.2, 0.25) is 0 Å². The van der Waals surface area contributed by atoms with E-state index in [1.54, 1.807) is 0 Å². The first-order valence-corrected chi connectivity index (χ1v) is 17.3. The Hall–Kier alpha value is -7.11. The zero-order chi connectivity index (χ0) is 34.4. The van der Waals surface area contributed by atoms with Gasteiger partial charge >= 0.3 is 0 Å². The Morgan fingerprint density at radius 2 is 0.846 bits per heavy atom. The minimum Gasteiger partial charge on any atom is -0.452 e. The Bertz CT molecular complexity index is 2890. The summed E-state index contributed by atoms with van der Waals surface area (Å²) in [6, 6.07) is 60.2. The molecule has 0 unspecified atom stereocenters. The van der Waals surface area contributed by atoms with Gasteiger partial charge in [0, 0.05) is 22.1 Å². The van der Waals surface area contributed by atoms with Crippen LogP contribution in [0.1, 0.15) is 0 Å². The summed E-state index contributed by atoms with van der Waals surface area (Å²) in [7, 11) is 0. The van der Waals surface area contributed by atoms with E-state index < -0.39 is 0 Å². The third-order valence-corrected chi connectivity index (χ3v) is 9.52. The first kappa shape index (κ1) is 29.8. The molecule has 5 heteroatoms. The summed E-state index contributed by atoms with van der Waals surface area (Å²) in [5.74, 6) is 1.28. The molecule has 0 saturated heterocycles. The number of rotatable bonds is 6. The fourth-order valence-corrected chi connectivity index (χ4v) is 6.93. The molecule has 0 N–H and O–H groups in total. The number of aromatic nitrogens is 3. The normalized spacial score (nSPS) is 11.5. The summed E-state index contributed by atoms with van der Waals surface area (Å²) in [5, 5.41) is 0.974. The van der Waals surface area contributed by atoms with Crippen molar-refractivity contribution >= 4 is 33.2 Å². The number of nitrogens with zero attached hydrogens (tertiary/aromatic N) is 3. The van der Waals surface area contributed by atoms with Crippen LogP contribution in [0.5, 0.6) is 0 Å². The standard InChI is InChI=1S/C47H29N3O2/c1-2-12-30(13-3-1)43-45-44(39-22-4-6-24-41(39)51-45)50-46(49-43)37-20-10-18-35(28-37)33-16-8-14-31(26-33)32-15-9-17-34(27-32)36-19-11-21-38(29-36)47-48-40-23-5-7-25-42(40)52-47/h1-29H. The number of para-hydroxylation sites is 3. The van der Waals surface area contributed by atoms with E-state index in [0.29, 0.717) is 17.3 Å². The summed E-state index contributed by atoms with van der Waals surface area (Å²) in [6.45, 7) is 0. The second-order valence-corrected chi connectivity index (χ2v) is 12.8. The van der Waals surface area contributed by atoms with Crippen molar-refractivity contribution in [2.24, 2.45) is 0 Å². The molecule has 0 atom stereocenters. The number of furan rings is 1. The lowest BCUT2D eigenvalue weighted by molar-refractivity contribution is 0.620. The van der Waals surface area contributed by atoms with Gasteiger partial charge in [-0.25, -0.2) is 15.0 Å². The van der Waals surface area contributed by atoms with Gasteiger partial charge < -0.3 is 8.83 Å². The molecule has 0 spiro atoms. The highest BCUT2D eigenvalue weighted by Gasteiger charge is 2.18. The number of fused-ring (bicyclic) bond motifs is 4. The summed E-state index contributed by atoms with van der Waals surface area (Å²) >= 11 is 0. The summed E-state index contributed by atoms with van der Waals surface area (Å²) in [4.78, 5) is 14.9. The molecule has 0 bridgehead atoms. The number of oxazole rings is 1. The second kappa shape index (κ2) is 12.3. The van der Waals surface area contributed by atoms with E-state index in [9.17, 15) is 0 Å². The minimum atomic E-state index is 0.619. The molecule has 52 heavy (non-hydrogen) atoms. The monoisotopic (exact) mass is 667 g/mol. The van der Waals surface area contributed by atoms with Gasteiger partial charge in [0.15, 0.2) is 17.0 Å². The van der Waals surface area contributed by atoms with Crippen molar-refractivity contribution in [2.75, 3.05) is 0 Å². The van der Waals surface area contributed by atoms with Crippen LogP contribution < -0.4 is 0 Å². The highest BCUT2D eigenvalue weighted by Crippen LogP contribution is 2.37. The number of benzene rings is 7. The van der Waals surface area contributed by atoms with E-state index in [4.69, 9.17) is 23.8 Å². The molecule has 0 amide bonds. The van der Waals surface area contributed by atoms with Gasteiger partial charge in [0.25, 0.3) is 0 Å². The maximum Gasteiger partial charge on any atom is 0.227 e. The molecule has 0 saturated carbocycles. The van der Waals surface area contributed by atoms with E-state index >= 15 is 0 Å². The molecule has 7 aromatic carbocycles. The van der Waals surface area contributed by atoms with E-state index in [-0.39, 0.29) is 0 Å². The van der Waals surface area contributed by atoms with Crippen molar-refractivity contribution in [2.45, 2.75) is 0 Å². The van der Waals surface area contributed by atoms with Gasteiger partial charge in [0.2, 0.25) is 5.89 Å². The van der Waals surface area contributed by atoms with Crippen LogP contribution >= 0.6 is 0 Å². The van der Waals surface area contributed by atoms with Gasteiger partial charge in [-0.15, -0.1) is 0 Å². The average molecular weight is 668 g/mol. The molecule has 0 aliphatic heterocycles. The maximum absolute atomic E-state index is 6.32. The number of hydrogen-bond donors (Lipinski definition) is 0. The van der Waals surface area contributed by atoms with Crippen LogP contribution in [0.25, 0.3) is 101 Å². The Balaban J connectivity index is 1.00. The predicted octanol–water partition coefficient (Wildman–Crippen LogP) is 12.5. The first-order chi connectivity index (χ1) is 25.7. The average Bonchev–Trinajstić information content (AvgIpc) is 3.83. The summed E-state index contributed by atoms with van der Waals surface area (Å²) < 4.78 is 12.4. The van der Waals surface area contributed by atoms with Gasteiger partial charge in [-0.3, -0.25) is 0 Å². The van der Waals surface area contributed by atoms with Crippen LogP contribution in [0.4, 0.5) is 0 Å². The van der Waals surface area contributed by atoms with Crippen molar-refractivity contribution in [1.29, 1.82) is 0 Å². The predicted molar refractivity (Wildman–Crippen MR) is 209 cm³/mol. The lowest BCUT2D eigenvalue weighted by atomic mass is 9.95. The zero-order valence-electron chi connectivity index (χ0n) is 27.9. The highest BCUT2D eigenvalue weighted by molar-refractivity contribution is 6.07. The molecular weight excluding hydrogens is 639 g/mol. The van der Waals surface area contributed by atoms with Crippen molar-refractivity contribution in [3.63, 3.8) is 0 Å². The van der Waals surface area contributed by atoms with Crippen LogP contribution in [-0.2, 0) is 0 Å². The summed E-state index contributed by atoms with van der Waals surface area (Å²) in [5.41, 5.74) is 14.3. The quantitative estimate of drug-likeness (QED) is 0.177. The zero-order valence-corrected chi connectivity index (χ0v) is 27.9. The molecule has 244 valence electrons. The topological polar surface area (TPSA) is 65.0 Å². The van der Waals surface area contributed by atoms with E-state index in [2.05, 4.69) is 109 Å². The van der Waals surface area contributed by atoms with Crippen molar-refractivity contribution in [3.8, 4) is 67.5 Å². The fraction of sp³-hybridized carbons (Fsp3) is 0. The van der Waals surface area contributed by atoms with Crippen LogP contribution in [0, 0.1) is 0 Å². The fourth-order valence-electron chi connectivity index (χ4n) is 6.93. The lowest BCUT2D eigenvalue weighted by Gasteiger charge is -2.10. The molecule has 0 aliphatic rings. The largest absolute Gasteiger partial charge is 0.452 e. The molecule has 3 heterocycles. The Labute approximate surface area is 299 Å². The smallest absolute Gasteiger partial charge is 0.227 e. The van der Waals surface area contributed by atoms with E-state index in [1.807, 2.05) is 66.7 Å². The van der Waals surface area contributed by atoms with Gasteiger partial charge in [-0.05, 0) is 88.0 Å². The van der Waals surface area contributed by atoms with E-state index in [1.165, 1.54) is 0 Å². The minimum absolute atomic E-state index is 0.619. The first-order valence-electron chi connectivity index (χ1n) is 17.3. The summed E-state index contributed by atoms with van der Waals surface area (Å²) in [6.07, 6.45) is 0. The molecule has 10 rings (SSSR count). The van der Waals surface area contributed by atoms with Crippen LogP contribution in [0.3, 0.4) is 0 Å². The molecule has 3 aromatic heterocycles. The third-order valence-electron chi connectivity index (χ3n) is 9.52. The van der Waals surface area contributed by atoms with Crippen molar-refractivity contribution < 1.29 is 8.83 Å². The van der Waals surface area contributed by atoms with Gasteiger partial charge in [-0.2, -0.15) is 0 Å². The molecule has 5 nitrogen and oxygen atoms in total. The van der Waals surface area contributed by atoms with Gasteiger partial charge in [0.05, 0.1) is 0 Å². The Morgan fingerprint density at radius 1 is 0.346 bits per heavy atom. The second-order valence-electron chi connectivity index (χ2n) is 12.8. The molecule has 0 fully saturated rings. The highest BCUT2D eigenvalue weighted by atomic mass is 16.3. The molecular formula is C47H29N3O2. The number of hydrogen-bond acceptors (Lipinski definition) is 5. The Kier molecular flexibility index (Phi) is 7.07. The maximum atomic E-state index is 6.32. The van der Waals surface area contributed by atoms with E-state index in [0.717, 1.165) is 83.4 Å². The van der Waals surface area contributed by atoms with Crippen molar-refractivity contribution in [3.05, 3.63) is 176 Å². The van der Waals surface area contributed by atoms with Gasteiger partial charge in [0.1, 0.15) is 22.3 Å². The van der Waals surface area contributed by atoms with Crippen molar-refractivity contribution in [1.82, 2.24) is 15.0 Å². The van der Waals surface area contributed by atoms with Crippen LogP contribution in [0.15, 0.2) is 185 Å².